The van der Waals surface area contributed by atoms with E-state index in [0.29, 0.717) is 11.4 Å². The van der Waals surface area contributed by atoms with Gasteiger partial charge in [-0.25, -0.2) is 0 Å². The fourth-order valence-electron chi connectivity index (χ4n) is 2.00. The molecule has 0 spiro atoms. The maximum absolute atomic E-state index is 11.0. The molecule has 3 N–H and O–H groups in total. The third-order valence-electron chi connectivity index (χ3n) is 3.11. The molecule has 1 heterocycles. The number of hydrogen-bond donors (Lipinski definition) is 2. The van der Waals surface area contributed by atoms with Crippen molar-refractivity contribution in [2.24, 2.45) is 5.73 Å². The van der Waals surface area contributed by atoms with E-state index in [1.807, 2.05) is 0 Å². The molecule has 0 bridgehead atoms. The largest absolute Gasteiger partial charge is 0.495 e. The number of hydrogen-bond acceptors (Lipinski definition) is 4. The van der Waals surface area contributed by atoms with Crippen LogP contribution in [0.4, 0.5) is 0 Å². The highest BCUT2D eigenvalue weighted by atomic mass is 16.5. The van der Waals surface area contributed by atoms with E-state index in [1.54, 1.807) is 25.4 Å². The number of carboxylic acids is 1. The van der Waals surface area contributed by atoms with E-state index in [4.69, 9.17) is 15.6 Å². The van der Waals surface area contributed by atoms with Crippen LogP contribution in [0.5, 0.6) is 5.75 Å². The number of carbonyl (C=O) groups is 1. The first-order valence-corrected chi connectivity index (χ1v) is 5.10. The Morgan fingerprint density at radius 3 is 2.88 bits per heavy atom. The highest BCUT2D eigenvalue weighted by molar-refractivity contribution is 5.77. The second-order valence-electron chi connectivity index (χ2n) is 4.03. The van der Waals surface area contributed by atoms with Gasteiger partial charge in [-0.05, 0) is 25.0 Å². The monoisotopic (exact) mass is 222 g/mol. The fraction of sp³-hybridized carbons (Fsp3) is 0.455. The van der Waals surface area contributed by atoms with Crippen LogP contribution in [0, 0.1) is 0 Å². The van der Waals surface area contributed by atoms with Gasteiger partial charge in [0.15, 0.2) is 0 Å². The van der Waals surface area contributed by atoms with E-state index in [0.717, 1.165) is 12.8 Å². The molecule has 1 aromatic rings. The summed E-state index contributed by atoms with van der Waals surface area (Å²) in [4.78, 5) is 15.2. The van der Waals surface area contributed by atoms with Crippen molar-refractivity contribution in [2.45, 2.75) is 24.3 Å². The minimum Gasteiger partial charge on any atom is -0.495 e. The van der Waals surface area contributed by atoms with Gasteiger partial charge in [0.25, 0.3) is 0 Å². The number of aromatic nitrogens is 1. The Labute approximate surface area is 93.2 Å². The molecule has 5 heteroatoms. The van der Waals surface area contributed by atoms with Crippen LogP contribution in [-0.2, 0) is 10.2 Å². The van der Waals surface area contributed by atoms with Crippen molar-refractivity contribution in [3.8, 4) is 5.75 Å². The lowest BCUT2D eigenvalue weighted by atomic mass is 9.92. The Kier molecular flexibility index (Phi) is 2.55. The Morgan fingerprint density at radius 1 is 1.69 bits per heavy atom. The molecule has 1 saturated carbocycles. The summed E-state index contributed by atoms with van der Waals surface area (Å²) < 4.78 is 5.19. The van der Waals surface area contributed by atoms with Gasteiger partial charge in [-0.15, -0.1) is 0 Å². The quantitative estimate of drug-likeness (QED) is 0.776. The molecule has 16 heavy (non-hydrogen) atoms. The van der Waals surface area contributed by atoms with Gasteiger partial charge in [0.2, 0.25) is 0 Å². The minimum atomic E-state index is -0.995. The van der Waals surface area contributed by atoms with Crippen LogP contribution in [0.2, 0.25) is 0 Å². The lowest BCUT2D eigenvalue weighted by Gasteiger charge is -2.20. The summed E-state index contributed by atoms with van der Waals surface area (Å²) >= 11 is 0. The van der Waals surface area contributed by atoms with E-state index in [1.165, 1.54) is 0 Å². The Morgan fingerprint density at radius 2 is 2.38 bits per heavy atom. The SMILES string of the molecule is COc1cccnc1C1(C(N)C(=O)O)CC1. The normalized spacial score (nSPS) is 18.9. The molecule has 86 valence electrons. The van der Waals surface area contributed by atoms with Gasteiger partial charge in [0.05, 0.1) is 12.8 Å². The smallest absolute Gasteiger partial charge is 0.321 e. The van der Waals surface area contributed by atoms with Gasteiger partial charge in [-0.2, -0.15) is 0 Å². The van der Waals surface area contributed by atoms with E-state index in [-0.39, 0.29) is 0 Å². The average Bonchev–Trinajstić information content (AvgIpc) is 3.09. The molecule has 2 rings (SSSR count). The van der Waals surface area contributed by atoms with Gasteiger partial charge >= 0.3 is 5.97 Å². The first-order chi connectivity index (χ1) is 7.62. The number of methoxy groups -OCH3 is 1. The molecule has 1 unspecified atom stereocenters. The molecule has 1 fully saturated rings. The second-order valence-corrected chi connectivity index (χ2v) is 4.03. The first-order valence-electron chi connectivity index (χ1n) is 5.10. The first kappa shape index (κ1) is 10.9. The van der Waals surface area contributed by atoms with Crippen molar-refractivity contribution in [3.63, 3.8) is 0 Å². The average molecular weight is 222 g/mol. The predicted molar refractivity (Wildman–Crippen MR) is 57.3 cm³/mol. The standard InChI is InChI=1S/C11H14N2O3/c1-16-7-3-2-6-13-9(7)11(4-5-11)8(12)10(14)15/h2-3,6,8H,4-5,12H2,1H3,(H,14,15). The van der Waals surface area contributed by atoms with Gasteiger partial charge < -0.3 is 15.6 Å². The molecule has 1 aromatic heterocycles. The van der Waals surface area contributed by atoms with Crippen molar-refractivity contribution in [1.29, 1.82) is 0 Å². The highest BCUT2D eigenvalue weighted by Gasteiger charge is 2.55. The van der Waals surface area contributed by atoms with Crippen molar-refractivity contribution in [2.75, 3.05) is 7.11 Å². The predicted octanol–water partition coefficient (Wildman–Crippen LogP) is 0.534. The summed E-state index contributed by atoms with van der Waals surface area (Å²) in [6.45, 7) is 0. The molecule has 0 aliphatic heterocycles. The second kappa shape index (κ2) is 3.75. The number of aliphatic carboxylic acids is 1. The maximum Gasteiger partial charge on any atom is 0.321 e. The van der Waals surface area contributed by atoms with E-state index < -0.39 is 17.4 Å². The van der Waals surface area contributed by atoms with Crippen LogP contribution in [0.3, 0.4) is 0 Å². The van der Waals surface area contributed by atoms with Crippen molar-refractivity contribution in [1.82, 2.24) is 4.98 Å². The molecule has 1 atom stereocenters. The van der Waals surface area contributed by atoms with Crippen LogP contribution in [0.15, 0.2) is 18.3 Å². The van der Waals surface area contributed by atoms with Crippen molar-refractivity contribution < 1.29 is 14.6 Å². The van der Waals surface area contributed by atoms with Crippen LogP contribution in [0.25, 0.3) is 0 Å². The topological polar surface area (TPSA) is 85.4 Å². The molecule has 1 aliphatic carbocycles. The lowest BCUT2D eigenvalue weighted by molar-refractivity contribution is -0.139. The Bertz CT molecular complexity index is 415. The molecule has 0 aromatic carbocycles. The highest BCUT2D eigenvalue weighted by Crippen LogP contribution is 2.52. The van der Waals surface area contributed by atoms with Crippen LogP contribution in [0.1, 0.15) is 18.5 Å². The van der Waals surface area contributed by atoms with E-state index in [2.05, 4.69) is 4.98 Å². The Hall–Kier alpha value is -1.62. The molecule has 0 radical (unpaired) electrons. The summed E-state index contributed by atoms with van der Waals surface area (Å²) in [6.07, 6.45) is 3.12. The van der Waals surface area contributed by atoms with Gasteiger partial charge in [0, 0.05) is 11.6 Å². The summed E-state index contributed by atoms with van der Waals surface area (Å²) in [5.41, 5.74) is 5.83. The summed E-state index contributed by atoms with van der Waals surface area (Å²) in [6, 6.07) is 2.61. The zero-order chi connectivity index (χ0) is 11.8. The summed E-state index contributed by atoms with van der Waals surface area (Å²) in [5.74, 6) is -0.387. The molecule has 0 amide bonds. The van der Waals surface area contributed by atoms with Crippen LogP contribution >= 0.6 is 0 Å². The number of rotatable bonds is 4. The fourth-order valence-corrected chi connectivity index (χ4v) is 2.00. The zero-order valence-corrected chi connectivity index (χ0v) is 9.01. The third-order valence-corrected chi connectivity index (χ3v) is 3.11. The molecule has 0 saturated heterocycles. The lowest BCUT2D eigenvalue weighted by Crippen LogP contribution is -2.42. The van der Waals surface area contributed by atoms with Crippen molar-refractivity contribution >= 4 is 5.97 Å². The third kappa shape index (κ3) is 1.53. The number of nitrogens with zero attached hydrogens (tertiary/aromatic N) is 1. The van der Waals surface area contributed by atoms with Gasteiger partial charge in [-0.1, -0.05) is 0 Å². The molecular weight excluding hydrogens is 208 g/mol. The summed E-state index contributed by atoms with van der Waals surface area (Å²) in [7, 11) is 1.54. The minimum absolute atomic E-state index is 0.543. The maximum atomic E-state index is 11.0. The van der Waals surface area contributed by atoms with Crippen molar-refractivity contribution in [3.05, 3.63) is 24.0 Å². The van der Waals surface area contributed by atoms with E-state index in [9.17, 15) is 4.79 Å². The number of nitrogens with two attached hydrogens (primary N) is 1. The number of carboxylic acid groups (broad SMARTS) is 1. The van der Waals surface area contributed by atoms with Gasteiger partial charge in [0.1, 0.15) is 11.8 Å². The number of pyridine rings is 1. The Balaban J connectivity index is 2.40. The van der Waals surface area contributed by atoms with Crippen LogP contribution in [-0.4, -0.2) is 29.2 Å². The number of ether oxygens (including phenoxy) is 1. The van der Waals surface area contributed by atoms with E-state index >= 15 is 0 Å². The van der Waals surface area contributed by atoms with Gasteiger partial charge in [-0.3, -0.25) is 9.78 Å². The molecular formula is C11H14N2O3. The van der Waals surface area contributed by atoms with Crippen LogP contribution < -0.4 is 10.5 Å². The molecule has 5 nitrogen and oxygen atoms in total. The summed E-state index contributed by atoms with van der Waals surface area (Å²) in [5, 5.41) is 8.99. The zero-order valence-electron chi connectivity index (χ0n) is 9.01. The molecule has 1 aliphatic rings.